The Morgan fingerprint density at radius 1 is 1.19 bits per heavy atom. The van der Waals surface area contributed by atoms with E-state index < -0.39 is 25.3 Å². The molecule has 0 aromatic heterocycles. The first-order valence-corrected chi connectivity index (χ1v) is 8.18. The summed E-state index contributed by atoms with van der Waals surface area (Å²) in [6.07, 6.45) is -4.47. The van der Waals surface area contributed by atoms with E-state index in [4.69, 9.17) is 11.6 Å². The number of carbonyl (C=O) groups is 1. The highest BCUT2D eigenvalue weighted by Gasteiger charge is 2.27. The van der Waals surface area contributed by atoms with Gasteiger partial charge in [-0.1, -0.05) is 41.9 Å². The summed E-state index contributed by atoms with van der Waals surface area (Å²) in [7, 11) is 0. The minimum atomic E-state index is -4.47. The maximum Gasteiger partial charge on any atom is 0.411 e. The first kappa shape index (κ1) is 20.1. The predicted molar refractivity (Wildman–Crippen MR) is 95.4 cm³/mol. The lowest BCUT2D eigenvalue weighted by molar-refractivity contribution is -0.174. The molecule has 8 heteroatoms. The van der Waals surface area contributed by atoms with Crippen molar-refractivity contribution in [3.8, 4) is 0 Å². The van der Waals surface area contributed by atoms with Crippen molar-refractivity contribution < 1.29 is 22.7 Å². The van der Waals surface area contributed by atoms with Gasteiger partial charge in [0.05, 0.1) is 10.7 Å². The number of hydrogen-bond acceptors (Lipinski definition) is 3. The quantitative estimate of drug-likeness (QED) is 0.701. The highest BCUT2D eigenvalue weighted by Crippen LogP contribution is 2.29. The van der Waals surface area contributed by atoms with Gasteiger partial charge in [-0.25, -0.2) is 0 Å². The van der Waals surface area contributed by atoms with Crippen LogP contribution < -0.4 is 10.6 Å². The van der Waals surface area contributed by atoms with Gasteiger partial charge in [-0.15, -0.1) is 0 Å². The van der Waals surface area contributed by atoms with Crippen LogP contribution in [0.5, 0.6) is 0 Å². The smallest absolute Gasteiger partial charge is 0.377 e. The fourth-order valence-electron chi connectivity index (χ4n) is 2.22. The van der Waals surface area contributed by atoms with E-state index in [2.05, 4.69) is 15.4 Å². The molecule has 2 aromatic carbocycles. The molecule has 1 amide bonds. The molecule has 0 saturated carbocycles. The Kier molecular flexibility index (Phi) is 6.88. The Hall–Kier alpha value is -2.25. The van der Waals surface area contributed by atoms with E-state index in [0.717, 1.165) is 5.56 Å². The molecule has 0 aliphatic carbocycles. The maximum absolute atomic E-state index is 12.0. The molecular formula is C18H18ClF3N2O2. The number of rotatable bonds is 7. The highest BCUT2D eigenvalue weighted by atomic mass is 35.5. The Labute approximate surface area is 154 Å². The Bertz CT molecular complexity index is 739. The second kappa shape index (κ2) is 8.91. The Morgan fingerprint density at radius 2 is 1.88 bits per heavy atom. The van der Waals surface area contributed by atoms with Crippen LogP contribution in [0.3, 0.4) is 0 Å². The Morgan fingerprint density at radius 3 is 2.50 bits per heavy atom. The molecule has 0 fully saturated rings. The third-order valence-corrected chi connectivity index (χ3v) is 3.74. The summed E-state index contributed by atoms with van der Waals surface area (Å²) >= 11 is 6.21. The molecule has 0 saturated heterocycles. The van der Waals surface area contributed by atoms with Crippen molar-refractivity contribution in [2.45, 2.75) is 19.1 Å². The van der Waals surface area contributed by atoms with Crippen LogP contribution >= 0.6 is 11.6 Å². The molecule has 1 unspecified atom stereocenters. The van der Waals surface area contributed by atoms with Crippen molar-refractivity contribution in [3.05, 3.63) is 59.1 Å². The first-order valence-electron chi connectivity index (χ1n) is 7.80. The largest absolute Gasteiger partial charge is 0.411 e. The van der Waals surface area contributed by atoms with E-state index in [9.17, 15) is 18.0 Å². The molecule has 2 aromatic rings. The van der Waals surface area contributed by atoms with Crippen molar-refractivity contribution in [2.75, 3.05) is 23.8 Å². The van der Waals surface area contributed by atoms with Crippen molar-refractivity contribution in [1.82, 2.24) is 0 Å². The number of nitrogens with one attached hydrogen (secondary N) is 2. The van der Waals surface area contributed by atoms with E-state index in [1.165, 1.54) is 6.07 Å². The summed E-state index contributed by atoms with van der Waals surface area (Å²) in [5.41, 5.74) is 2.13. The number of amides is 1. The van der Waals surface area contributed by atoms with Gasteiger partial charge < -0.3 is 15.4 Å². The number of benzene rings is 2. The number of hydrogen-bond donors (Lipinski definition) is 2. The van der Waals surface area contributed by atoms with Crippen molar-refractivity contribution in [2.24, 2.45) is 0 Å². The van der Waals surface area contributed by atoms with Crippen molar-refractivity contribution in [1.29, 1.82) is 0 Å². The second-order valence-corrected chi connectivity index (χ2v) is 6.03. The number of anilines is 2. The predicted octanol–water partition coefficient (Wildman–Crippen LogP) is 5.03. The lowest BCUT2D eigenvalue weighted by atomic mass is 10.1. The SMILES string of the molecule is CC(Nc1ccc(NC(=O)COCC(F)(F)F)cc1Cl)c1ccccc1. The van der Waals surface area contributed by atoms with E-state index in [1.54, 1.807) is 12.1 Å². The topological polar surface area (TPSA) is 50.4 Å². The van der Waals surface area contributed by atoms with Gasteiger partial charge in [-0.2, -0.15) is 13.2 Å². The number of carbonyl (C=O) groups excluding carboxylic acids is 1. The highest BCUT2D eigenvalue weighted by molar-refractivity contribution is 6.33. The van der Waals surface area contributed by atoms with Gasteiger partial charge in [0.25, 0.3) is 0 Å². The van der Waals surface area contributed by atoms with E-state index >= 15 is 0 Å². The molecule has 26 heavy (non-hydrogen) atoms. The number of halogens is 4. The molecule has 0 radical (unpaired) electrons. The molecule has 0 heterocycles. The average molecular weight is 387 g/mol. The molecule has 1 atom stereocenters. The fourth-order valence-corrected chi connectivity index (χ4v) is 2.46. The van der Waals surface area contributed by atoms with Crippen LogP contribution in [0, 0.1) is 0 Å². The summed E-state index contributed by atoms with van der Waals surface area (Å²) in [5.74, 6) is -0.691. The normalized spacial score (nSPS) is 12.5. The minimum absolute atomic E-state index is 0.0184. The molecule has 2 N–H and O–H groups in total. The molecule has 0 bridgehead atoms. The van der Waals surface area contributed by atoms with Gasteiger partial charge in [0.15, 0.2) is 0 Å². The average Bonchev–Trinajstić information content (AvgIpc) is 2.57. The zero-order valence-electron chi connectivity index (χ0n) is 13.9. The third-order valence-electron chi connectivity index (χ3n) is 3.42. The number of ether oxygens (including phenoxy) is 1. The summed E-state index contributed by atoms with van der Waals surface area (Å²) in [4.78, 5) is 11.6. The van der Waals surface area contributed by atoms with Gasteiger partial charge >= 0.3 is 6.18 Å². The van der Waals surface area contributed by atoms with Crippen LogP contribution in [0.1, 0.15) is 18.5 Å². The molecular weight excluding hydrogens is 369 g/mol. The summed E-state index contributed by atoms with van der Waals surface area (Å²) in [6, 6.07) is 14.6. The standard InChI is InChI=1S/C18H18ClF3N2O2/c1-12(13-5-3-2-4-6-13)23-16-8-7-14(9-15(16)19)24-17(25)10-26-11-18(20,21)22/h2-9,12,23H,10-11H2,1H3,(H,24,25). The van der Waals surface area contributed by atoms with Crippen LogP contribution in [0.25, 0.3) is 0 Å². The van der Waals surface area contributed by atoms with Gasteiger partial charge in [-0.3, -0.25) is 4.79 Å². The molecule has 0 spiro atoms. The first-order chi connectivity index (χ1) is 12.2. The lowest BCUT2D eigenvalue weighted by Gasteiger charge is -2.17. The molecule has 4 nitrogen and oxygen atoms in total. The zero-order chi connectivity index (χ0) is 19.2. The third kappa shape index (κ3) is 6.57. The zero-order valence-corrected chi connectivity index (χ0v) is 14.7. The summed E-state index contributed by atoms with van der Waals surface area (Å²) < 4.78 is 40.2. The van der Waals surface area contributed by atoms with Crippen LogP contribution in [0.15, 0.2) is 48.5 Å². The fraction of sp³-hybridized carbons (Fsp3) is 0.278. The van der Waals surface area contributed by atoms with Gasteiger partial charge in [0.1, 0.15) is 13.2 Å². The van der Waals surface area contributed by atoms with E-state index in [0.29, 0.717) is 16.4 Å². The molecule has 0 aliphatic rings. The van der Waals surface area contributed by atoms with Gasteiger partial charge in [0.2, 0.25) is 5.91 Å². The van der Waals surface area contributed by atoms with E-state index in [-0.39, 0.29) is 6.04 Å². The summed E-state index contributed by atoms with van der Waals surface area (Å²) in [5, 5.41) is 6.08. The second-order valence-electron chi connectivity index (χ2n) is 5.63. The van der Waals surface area contributed by atoms with E-state index in [1.807, 2.05) is 37.3 Å². The lowest BCUT2D eigenvalue weighted by Crippen LogP contribution is -2.24. The van der Waals surface area contributed by atoms with Gasteiger partial charge in [-0.05, 0) is 30.7 Å². The molecule has 140 valence electrons. The maximum atomic E-state index is 12.0. The summed E-state index contributed by atoms with van der Waals surface area (Å²) in [6.45, 7) is -0.178. The van der Waals surface area contributed by atoms with Crippen LogP contribution in [0.2, 0.25) is 5.02 Å². The number of alkyl halides is 3. The van der Waals surface area contributed by atoms with Crippen LogP contribution in [-0.4, -0.2) is 25.3 Å². The van der Waals surface area contributed by atoms with Crippen LogP contribution in [0.4, 0.5) is 24.5 Å². The van der Waals surface area contributed by atoms with Crippen LogP contribution in [-0.2, 0) is 9.53 Å². The molecule has 0 aliphatic heterocycles. The minimum Gasteiger partial charge on any atom is -0.377 e. The molecule has 2 rings (SSSR count). The monoisotopic (exact) mass is 386 g/mol. The Balaban J connectivity index is 1.91. The van der Waals surface area contributed by atoms with Gasteiger partial charge in [0, 0.05) is 11.7 Å². The van der Waals surface area contributed by atoms with Crippen molar-refractivity contribution >= 4 is 28.9 Å². The van der Waals surface area contributed by atoms with Crippen molar-refractivity contribution in [3.63, 3.8) is 0 Å².